The first-order chi connectivity index (χ1) is 9.70. The monoisotopic (exact) mass is 289 g/mol. The molecule has 0 atom stereocenters. The molecule has 5 nitrogen and oxygen atoms in total. The fraction of sp³-hybridized carbons (Fsp3) is 0.143. The molecule has 20 heavy (non-hydrogen) atoms. The summed E-state index contributed by atoms with van der Waals surface area (Å²) in [6.45, 7) is 0.366. The third-order valence-electron chi connectivity index (χ3n) is 3.05. The minimum atomic E-state index is -0.434. The van der Waals surface area contributed by atoms with Crippen LogP contribution in [0.1, 0.15) is 16.1 Å². The van der Waals surface area contributed by atoms with E-state index in [4.69, 9.17) is 9.15 Å². The Morgan fingerprint density at radius 2 is 2.25 bits per heavy atom. The minimum Gasteiger partial charge on any atom is -0.467 e. The van der Waals surface area contributed by atoms with Crippen LogP contribution in [-0.2, 0) is 11.3 Å². The largest absolute Gasteiger partial charge is 0.467 e. The summed E-state index contributed by atoms with van der Waals surface area (Å²) in [7, 11) is 1.33. The number of esters is 1. The first-order valence-electron chi connectivity index (χ1n) is 5.92. The maximum absolute atomic E-state index is 11.7. The minimum absolute atomic E-state index is 0.00103. The van der Waals surface area contributed by atoms with Crippen molar-refractivity contribution in [1.82, 2.24) is 4.57 Å². The van der Waals surface area contributed by atoms with E-state index in [9.17, 15) is 9.59 Å². The normalized spacial score (nSPS) is 10.8. The summed E-state index contributed by atoms with van der Waals surface area (Å²) >= 11 is 1.40. The van der Waals surface area contributed by atoms with E-state index in [0.29, 0.717) is 22.6 Å². The second-order valence-corrected chi connectivity index (χ2v) is 5.11. The van der Waals surface area contributed by atoms with Crippen molar-refractivity contribution in [2.24, 2.45) is 0 Å². The van der Waals surface area contributed by atoms with Gasteiger partial charge in [-0.05, 0) is 17.5 Å². The predicted octanol–water partition coefficient (Wildman–Crippen LogP) is 2.49. The van der Waals surface area contributed by atoms with E-state index in [0.717, 1.165) is 5.52 Å². The van der Waals surface area contributed by atoms with Crippen LogP contribution in [0.25, 0.3) is 10.2 Å². The second kappa shape index (κ2) is 4.97. The maximum Gasteiger partial charge on any atom is 0.341 e. The molecule has 3 rings (SSSR count). The first-order valence-corrected chi connectivity index (χ1v) is 6.80. The van der Waals surface area contributed by atoms with Crippen LogP contribution in [0.2, 0.25) is 0 Å². The van der Waals surface area contributed by atoms with Gasteiger partial charge in [0.1, 0.15) is 11.3 Å². The van der Waals surface area contributed by atoms with E-state index in [-0.39, 0.29) is 5.43 Å². The standard InChI is InChI=1S/C14H11NO4S/c1-18-14(17)9-3-6-19-12(9)8-15-5-2-11(16)13-10(15)4-7-20-13/h2-7H,8H2,1H3. The molecule has 0 saturated carbocycles. The third-order valence-corrected chi connectivity index (χ3v) is 3.97. The molecule has 0 N–H and O–H groups in total. The number of carbonyl (C=O) groups is 1. The molecule has 0 aromatic carbocycles. The van der Waals surface area contributed by atoms with Crippen LogP contribution in [0, 0.1) is 0 Å². The molecule has 0 radical (unpaired) electrons. The molecule has 3 aromatic heterocycles. The number of furan rings is 1. The molecule has 0 aliphatic rings. The molecule has 6 heteroatoms. The average Bonchev–Trinajstić information content (AvgIpc) is 3.10. The molecular weight excluding hydrogens is 278 g/mol. The lowest BCUT2D eigenvalue weighted by Crippen LogP contribution is -2.09. The fourth-order valence-corrected chi connectivity index (χ4v) is 2.90. The van der Waals surface area contributed by atoms with Crippen molar-refractivity contribution < 1.29 is 13.9 Å². The van der Waals surface area contributed by atoms with E-state index < -0.39 is 5.97 Å². The number of methoxy groups -OCH3 is 1. The van der Waals surface area contributed by atoms with E-state index in [2.05, 4.69) is 0 Å². The van der Waals surface area contributed by atoms with Crippen LogP contribution in [0.15, 0.2) is 45.3 Å². The molecule has 3 aromatic rings. The van der Waals surface area contributed by atoms with Crippen molar-refractivity contribution in [2.75, 3.05) is 7.11 Å². The molecule has 0 bridgehead atoms. The Bertz CT molecular complexity index is 827. The van der Waals surface area contributed by atoms with Gasteiger partial charge in [0.25, 0.3) is 0 Å². The van der Waals surface area contributed by atoms with Gasteiger partial charge in [0.15, 0.2) is 5.43 Å². The van der Waals surface area contributed by atoms with E-state index >= 15 is 0 Å². The zero-order chi connectivity index (χ0) is 14.1. The Kier molecular flexibility index (Phi) is 3.15. The van der Waals surface area contributed by atoms with Gasteiger partial charge in [-0.15, -0.1) is 11.3 Å². The lowest BCUT2D eigenvalue weighted by molar-refractivity contribution is 0.0598. The zero-order valence-corrected chi connectivity index (χ0v) is 11.5. The Morgan fingerprint density at radius 3 is 3.05 bits per heavy atom. The molecule has 3 heterocycles. The number of rotatable bonds is 3. The zero-order valence-electron chi connectivity index (χ0n) is 10.7. The van der Waals surface area contributed by atoms with Crippen molar-refractivity contribution in [3.8, 4) is 0 Å². The Labute approximate surface area is 118 Å². The molecule has 0 fully saturated rings. The van der Waals surface area contributed by atoms with Gasteiger partial charge < -0.3 is 13.7 Å². The van der Waals surface area contributed by atoms with Crippen molar-refractivity contribution in [3.63, 3.8) is 0 Å². The number of nitrogens with zero attached hydrogens (tertiary/aromatic N) is 1. The molecular formula is C14H11NO4S. The van der Waals surface area contributed by atoms with Gasteiger partial charge in [-0.1, -0.05) is 0 Å². The van der Waals surface area contributed by atoms with Crippen molar-refractivity contribution in [3.05, 3.63) is 57.6 Å². The number of fused-ring (bicyclic) bond motifs is 1. The smallest absolute Gasteiger partial charge is 0.341 e. The van der Waals surface area contributed by atoms with Gasteiger partial charge in [-0.25, -0.2) is 4.79 Å². The highest BCUT2D eigenvalue weighted by Crippen LogP contribution is 2.20. The quantitative estimate of drug-likeness (QED) is 0.695. The topological polar surface area (TPSA) is 61.4 Å². The molecule has 0 spiro atoms. The summed E-state index contributed by atoms with van der Waals surface area (Å²) in [5, 5.41) is 1.87. The SMILES string of the molecule is COC(=O)c1ccoc1Cn1ccc(=O)c2sccc21. The number of thiophene rings is 1. The highest BCUT2D eigenvalue weighted by molar-refractivity contribution is 7.17. The van der Waals surface area contributed by atoms with Crippen LogP contribution in [0.5, 0.6) is 0 Å². The van der Waals surface area contributed by atoms with Crippen molar-refractivity contribution >= 4 is 27.5 Å². The summed E-state index contributed by atoms with van der Waals surface area (Å²) < 4.78 is 12.6. The summed E-state index contributed by atoms with van der Waals surface area (Å²) in [6, 6.07) is 4.97. The highest BCUT2D eigenvalue weighted by Gasteiger charge is 2.16. The number of ether oxygens (including phenoxy) is 1. The van der Waals surface area contributed by atoms with Gasteiger partial charge in [0.2, 0.25) is 0 Å². The first kappa shape index (κ1) is 12.7. The molecule has 0 aliphatic carbocycles. The highest BCUT2D eigenvalue weighted by atomic mass is 32.1. The van der Waals surface area contributed by atoms with Gasteiger partial charge >= 0.3 is 5.97 Å². The number of aromatic nitrogens is 1. The van der Waals surface area contributed by atoms with Crippen LogP contribution < -0.4 is 5.43 Å². The molecule has 0 saturated heterocycles. The summed E-state index contributed by atoms with van der Waals surface area (Å²) in [6.07, 6.45) is 3.15. The number of hydrogen-bond acceptors (Lipinski definition) is 5. The Morgan fingerprint density at radius 1 is 1.40 bits per heavy atom. The van der Waals surface area contributed by atoms with E-state index in [1.54, 1.807) is 12.3 Å². The fourth-order valence-electron chi connectivity index (χ4n) is 2.07. The Balaban J connectivity index is 2.04. The number of hydrogen-bond donors (Lipinski definition) is 0. The lowest BCUT2D eigenvalue weighted by Gasteiger charge is -2.07. The van der Waals surface area contributed by atoms with Crippen molar-refractivity contribution in [2.45, 2.75) is 6.54 Å². The van der Waals surface area contributed by atoms with Crippen LogP contribution in [0.3, 0.4) is 0 Å². The molecule has 102 valence electrons. The van der Waals surface area contributed by atoms with E-state index in [1.807, 2.05) is 16.0 Å². The lowest BCUT2D eigenvalue weighted by atomic mass is 10.2. The number of carbonyl (C=O) groups excluding carboxylic acids is 1. The number of pyridine rings is 1. The van der Waals surface area contributed by atoms with Crippen molar-refractivity contribution in [1.29, 1.82) is 0 Å². The average molecular weight is 289 g/mol. The van der Waals surface area contributed by atoms with Gasteiger partial charge in [-0.3, -0.25) is 4.79 Å². The summed E-state index contributed by atoms with van der Waals surface area (Å²) in [5.74, 6) is 0.0735. The predicted molar refractivity (Wildman–Crippen MR) is 75.2 cm³/mol. The van der Waals surface area contributed by atoms with Gasteiger partial charge in [-0.2, -0.15) is 0 Å². The molecule has 0 aliphatic heterocycles. The van der Waals surface area contributed by atoms with Gasteiger partial charge in [0, 0.05) is 12.3 Å². The Hall–Kier alpha value is -2.34. The second-order valence-electron chi connectivity index (χ2n) is 4.19. The maximum atomic E-state index is 11.7. The van der Waals surface area contributed by atoms with Crippen LogP contribution in [0.4, 0.5) is 0 Å². The third kappa shape index (κ3) is 2.04. The van der Waals surface area contributed by atoms with Crippen LogP contribution >= 0.6 is 11.3 Å². The summed E-state index contributed by atoms with van der Waals surface area (Å²) in [4.78, 5) is 23.3. The van der Waals surface area contributed by atoms with E-state index in [1.165, 1.54) is 30.8 Å². The van der Waals surface area contributed by atoms with Gasteiger partial charge in [0.05, 0.1) is 30.1 Å². The summed E-state index contributed by atoms with van der Waals surface area (Å²) in [5.41, 5.74) is 1.23. The molecule has 0 unspecified atom stereocenters. The molecule has 0 amide bonds. The van der Waals surface area contributed by atoms with Crippen LogP contribution in [-0.4, -0.2) is 17.6 Å².